The van der Waals surface area contributed by atoms with Crippen LogP contribution in [0.3, 0.4) is 0 Å². The number of para-hydroxylation sites is 1. The molecule has 11 aromatic carbocycles. The lowest BCUT2D eigenvalue weighted by Crippen LogP contribution is -2.00. The highest BCUT2D eigenvalue weighted by Crippen LogP contribution is 2.51. The summed E-state index contributed by atoms with van der Waals surface area (Å²) in [7, 11) is -20.0. The fraction of sp³-hybridized carbons (Fsp3) is 0.0645. The molecule has 0 radical (unpaired) electrons. The molecule has 0 saturated heterocycles. The molecule has 106 heavy (non-hydrogen) atoms. The van der Waals surface area contributed by atoms with E-state index >= 15 is 0 Å². The first-order valence-corrected chi connectivity index (χ1v) is 37.5. The van der Waals surface area contributed by atoms with E-state index in [0.717, 1.165) is 30.3 Å². The normalized spacial score (nSPS) is 12.7. The van der Waals surface area contributed by atoms with Gasteiger partial charge in [-0.05, 0) is 144 Å². The number of ether oxygens (including phenoxy) is 1. The van der Waals surface area contributed by atoms with Crippen molar-refractivity contribution in [1.29, 1.82) is 0 Å². The van der Waals surface area contributed by atoms with Gasteiger partial charge in [-0.15, -0.1) is 48.8 Å². The molecule has 0 aliphatic rings. The topological polar surface area (TPSA) is 559 Å². The number of aryl methyl sites for hydroxylation is 1. The molecule has 11 rings (SSSR count). The average molecular weight is 1590 g/mol. The van der Waals surface area contributed by atoms with E-state index in [2.05, 4.69) is 80.2 Å². The second-order valence-electron chi connectivity index (χ2n) is 21.7. The van der Waals surface area contributed by atoms with Crippen LogP contribution in [-0.4, -0.2) is 100 Å². The number of phenols is 4. The van der Waals surface area contributed by atoms with Gasteiger partial charge in [-0.3, -0.25) is 18.2 Å². The molecular weight excluding hydrogens is 1540 g/mol. The highest BCUT2D eigenvalue weighted by Gasteiger charge is 2.26. The summed E-state index contributed by atoms with van der Waals surface area (Å²) in [5.41, 5.74) is -1.06. The Balaban J connectivity index is 0.962. The minimum absolute atomic E-state index is 0.000843. The highest BCUT2D eigenvalue weighted by molar-refractivity contribution is 7.95. The van der Waals surface area contributed by atoms with Gasteiger partial charge in [-0.1, -0.05) is 51.5 Å². The largest absolute Gasteiger partial charge is 0.507 e. The maximum atomic E-state index is 13.1. The van der Waals surface area contributed by atoms with Crippen LogP contribution in [0.4, 0.5) is 68.2 Å². The molecule has 0 amide bonds. The molecule has 11 aromatic rings. The monoisotopic (exact) mass is 1590 g/mol. The molecule has 0 aliphatic carbocycles. The van der Waals surface area contributed by atoms with Crippen LogP contribution in [0.5, 0.6) is 28.7 Å². The van der Waals surface area contributed by atoms with Gasteiger partial charge in [0.1, 0.15) is 55.4 Å². The van der Waals surface area contributed by atoms with Crippen molar-refractivity contribution >= 4 is 188 Å². The first-order chi connectivity index (χ1) is 50.5. The zero-order chi connectivity index (χ0) is 75.8. The molecule has 12 N–H and O–H groups in total. The Morgan fingerprint density at radius 1 is 0.425 bits per heavy atom. The minimum Gasteiger partial charge on any atom is -0.507 e. The average Bonchev–Trinajstić information content (AvgIpc) is 0.770. The summed E-state index contributed by atoms with van der Waals surface area (Å²) in [5, 5.41) is 130. The second-order valence-corrected chi connectivity index (χ2v) is 29.5. The molecule has 0 saturated carbocycles. The number of aromatic hydroxyl groups is 4. The fourth-order valence-corrected chi connectivity index (χ4v) is 13.9. The Morgan fingerprint density at radius 2 is 0.991 bits per heavy atom. The third-order valence-electron chi connectivity index (χ3n) is 14.9. The molecule has 37 nitrogen and oxygen atoms in total. The molecule has 0 aliphatic heterocycles. The van der Waals surface area contributed by atoms with E-state index in [9.17, 15) is 77.6 Å². The van der Waals surface area contributed by atoms with Crippen molar-refractivity contribution in [1.82, 2.24) is 0 Å². The van der Waals surface area contributed by atoms with Gasteiger partial charge in [0.25, 0.3) is 40.5 Å². The van der Waals surface area contributed by atoms with E-state index in [1.807, 2.05) is 0 Å². The van der Waals surface area contributed by atoms with Gasteiger partial charge >= 0.3 is 0 Å². The Morgan fingerprint density at radius 3 is 1.67 bits per heavy atom. The highest BCUT2D eigenvalue weighted by atomic mass is 32.2. The standard InChI is InChI=1S/C62H47N11O26S7/c1-31-20-47(50(93-18-7-19-100-97-94-78)30-46(31)67-69-48-27-38(103(81,82)83)22-34-23-39(104(84,85)86)28-49(74)55(34)48)68-73-59-54(106(90,91)92)25-32-12-13-37(26-42(32)62(59)77)65-70-56-43-29-52(102-99-96-80)58(61(76)41(43)16-17-45(56)63-35-8-3-2-4-9-35)71-64-36-14-15-40-33(21-36)24-51(101-98-95-79)57(60(40)75)72-66-44-10-5-6-11-53(44)105(87,88)89/h2-6,8-17,20-30,63,74-80H,7,18-19H2,1H3,(H,81,82,83)(H,84,85,86)(H,87,88,89)(H,90,91,92). The summed E-state index contributed by atoms with van der Waals surface area (Å²) >= 11 is 1.44. The third-order valence-corrected chi connectivity index (χ3v) is 20.2. The van der Waals surface area contributed by atoms with Crippen LogP contribution < -0.4 is 10.1 Å². The molecule has 0 aromatic heterocycles. The quantitative estimate of drug-likeness (QED) is 0.00517. The summed E-state index contributed by atoms with van der Waals surface area (Å²) in [4.78, 5) is -3.23. The summed E-state index contributed by atoms with van der Waals surface area (Å²) in [6, 6.07) is 34.7. The van der Waals surface area contributed by atoms with Crippen molar-refractivity contribution in [3.63, 3.8) is 0 Å². The number of benzene rings is 11. The molecule has 548 valence electrons. The Hall–Kier alpha value is -10.4. The van der Waals surface area contributed by atoms with Crippen LogP contribution in [0, 0.1) is 6.92 Å². The molecule has 0 unspecified atom stereocenters. The Kier molecular flexibility index (Phi) is 23.5. The van der Waals surface area contributed by atoms with Crippen LogP contribution in [-0.2, 0) is 68.6 Å². The molecular formula is C62H47N11O26S7. The lowest BCUT2D eigenvalue weighted by Gasteiger charge is -2.15. The molecule has 0 atom stereocenters. The first-order valence-electron chi connectivity index (χ1n) is 29.3. The number of nitrogens with one attached hydrogen (secondary N) is 1. The number of rotatable bonds is 29. The maximum Gasteiger partial charge on any atom is 0.296 e. The predicted octanol–water partition coefficient (Wildman–Crippen LogP) is 17.9. The first kappa shape index (κ1) is 76.7. The molecule has 0 bridgehead atoms. The zero-order valence-electron chi connectivity index (χ0n) is 53.0. The molecule has 44 heteroatoms. The molecule has 0 fully saturated rings. The van der Waals surface area contributed by atoms with Crippen molar-refractivity contribution in [2.75, 3.05) is 17.7 Å². The fourth-order valence-electron chi connectivity index (χ4n) is 10.2. The van der Waals surface area contributed by atoms with Gasteiger partial charge in [0.05, 0.1) is 84.1 Å². The molecule has 0 spiro atoms. The summed E-state index contributed by atoms with van der Waals surface area (Å²) in [6.45, 7) is 1.35. The summed E-state index contributed by atoms with van der Waals surface area (Å²) in [6.07, 6.45) is 0.198. The van der Waals surface area contributed by atoms with Gasteiger partial charge in [-0.2, -0.15) is 49.0 Å². The number of fused-ring (bicyclic) bond motifs is 4. The van der Waals surface area contributed by atoms with Crippen molar-refractivity contribution in [2.45, 2.75) is 42.7 Å². The van der Waals surface area contributed by atoms with Gasteiger partial charge in [0, 0.05) is 57.2 Å². The Labute approximate surface area is 608 Å². The van der Waals surface area contributed by atoms with Crippen LogP contribution in [0.15, 0.2) is 238 Å². The molecule has 0 heterocycles. The summed E-state index contributed by atoms with van der Waals surface area (Å²) < 4.78 is 159. The smallest absolute Gasteiger partial charge is 0.296 e. The maximum absolute atomic E-state index is 13.1. The number of hydrogen-bond acceptors (Lipinski definition) is 36. The van der Waals surface area contributed by atoms with E-state index < -0.39 is 94.4 Å². The van der Waals surface area contributed by atoms with Crippen molar-refractivity contribution in [3.8, 4) is 28.7 Å². The van der Waals surface area contributed by atoms with Crippen molar-refractivity contribution < 1.29 is 121 Å². The number of hydrogen-bond donors (Lipinski definition) is 12. The van der Waals surface area contributed by atoms with Crippen molar-refractivity contribution in [3.05, 3.63) is 163 Å². The van der Waals surface area contributed by atoms with Gasteiger partial charge in [0.15, 0.2) is 17.2 Å². The van der Waals surface area contributed by atoms with Gasteiger partial charge in [0.2, 0.25) is 0 Å². The van der Waals surface area contributed by atoms with Crippen LogP contribution in [0.2, 0.25) is 0 Å². The van der Waals surface area contributed by atoms with Gasteiger partial charge in [-0.25, -0.2) is 15.8 Å². The minimum atomic E-state index is -5.23. The second kappa shape index (κ2) is 32.5. The number of azo groups is 5. The van der Waals surface area contributed by atoms with E-state index in [0.29, 0.717) is 47.9 Å². The zero-order valence-corrected chi connectivity index (χ0v) is 58.7. The van der Waals surface area contributed by atoms with Crippen LogP contribution in [0.25, 0.3) is 43.1 Å². The Bertz CT molecular complexity index is 5950. The summed E-state index contributed by atoms with van der Waals surface area (Å²) in [5.74, 6) is -2.67. The van der Waals surface area contributed by atoms with Crippen molar-refractivity contribution in [2.24, 2.45) is 51.1 Å². The van der Waals surface area contributed by atoms with Crippen LogP contribution in [0.1, 0.15) is 12.0 Å². The van der Waals surface area contributed by atoms with Gasteiger partial charge < -0.3 is 30.5 Å². The number of nitrogens with zero attached hydrogens (tertiary/aromatic N) is 10. The predicted molar refractivity (Wildman–Crippen MR) is 379 cm³/mol. The SMILES string of the molecule is Cc1cc(N=Nc2c(S(=O)(=O)O)cc3ccc(N=Nc4c(Nc5ccccc5)ccc5c(O)c(N=Nc6ccc7c(O)c(N=Nc8ccccc8S(=O)(=O)O)c(SOOO)cc7c6)c(SOOO)cc45)cc3c2O)c(OCCCSOOO)cc1N=Nc1cc(S(=O)(=O)O)cc2cc(S(=O)(=O)O)cc(O)c12. The number of anilines is 2. The lowest BCUT2D eigenvalue weighted by atomic mass is 10.0. The van der Waals surface area contributed by atoms with Crippen LogP contribution >= 0.6 is 36.1 Å². The van der Waals surface area contributed by atoms with E-state index in [4.69, 9.17) is 19.6 Å². The number of phenolic OH excluding ortho intramolecular Hbond substituents is 4. The lowest BCUT2D eigenvalue weighted by molar-refractivity contribution is -0.432. The van der Waals surface area contributed by atoms with E-state index in [1.165, 1.54) is 91.9 Å². The van der Waals surface area contributed by atoms with E-state index in [1.54, 1.807) is 36.4 Å². The third kappa shape index (κ3) is 17.8. The van der Waals surface area contributed by atoms with E-state index in [-0.39, 0.29) is 134 Å².